The summed E-state index contributed by atoms with van der Waals surface area (Å²) >= 11 is 0. The van der Waals surface area contributed by atoms with Crippen molar-refractivity contribution in [3.8, 4) is 0 Å². The molecule has 1 saturated heterocycles. The zero-order chi connectivity index (χ0) is 17.1. The highest BCUT2D eigenvalue weighted by atomic mass is 19.1. The van der Waals surface area contributed by atoms with Gasteiger partial charge in [-0.25, -0.2) is 9.07 Å². The van der Waals surface area contributed by atoms with Crippen LogP contribution in [-0.2, 0) is 17.8 Å². The van der Waals surface area contributed by atoms with Crippen LogP contribution in [0.1, 0.15) is 23.0 Å². The highest BCUT2D eigenvalue weighted by Crippen LogP contribution is 2.27. The molecule has 0 amide bonds. The number of halogens is 1. The first-order valence-electron chi connectivity index (χ1n) is 8.32. The van der Waals surface area contributed by atoms with Crippen LogP contribution in [0.25, 0.3) is 0 Å². The van der Waals surface area contributed by atoms with Crippen LogP contribution < -0.4 is 0 Å². The summed E-state index contributed by atoms with van der Waals surface area (Å²) in [6.45, 7) is 2.66. The third-order valence-corrected chi connectivity index (χ3v) is 4.31. The van der Waals surface area contributed by atoms with Gasteiger partial charge >= 0.3 is 0 Å². The summed E-state index contributed by atoms with van der Waals surface area (Å²) in [5.74, 6) is -0.234. The Morgan fingerprint density at radius 2 is 1.84 bits per heavy atom. The molecule has 0 bridgehead atoms. The number of ether oxygens (including phenoxy) is 1. The fourth-order valence-corrected chi connectivity index (χ4v) is 3.06. The molecule has 3 aromatic rings. The molecule has 1 aliphatic heterocycles. The van der Waals surface area contributed by atoms with E-state index in [-0.39, 0.29) is 12.0 Å². The highest BCUT2D eigenvalue weighted by molar-refractivity contribution is 5.18. The topological polar surface area (TPSA) is 43.2 Å². The molecule has 0 radical (unpaired) electrons. The average molecular weight is 338 g/mol. The molecular weight excluding hydrogens is 319 g/mol. The van der Waals surface area contributed by atoms with E-state index in [2.05, 4.69) is 27.3 Å². The van der Waals surface area contributed by atoms with Crippen molar-refractivity contribution in [2.24, 2.45) is 0 Å². The van der Waals surface area contributed by atoms with E-state index in [4.69, 9.17) is 4.74 Å². The zero-order valence-corrected chi connectivity index (χ0v) is 13.8. The molecule has 0 unspecified atom stereocenters. The molecule has 0 spiro atoms. The monoisotopic (exact) mass is 338 g/mol. The minimum Gasteiger partial charge on any atom is -0.356 e. The van der Waals surface area contributed by atoms with Crippen molar-refractivity contribution in [1.29, 1.82) is 0 Å². The average Bonchev–Trinajstić information content (AvgIpc) is 3.27. The second kappa shape index (κ2) is 7.13. The predicted molar refractivity (Wildman–Crippen MR) is 91.1 cm³/mol. The molecular formula is C19H19FN4O. The van der Waals surface area contributed by atoms with Crippen LogP contribution in [0.4, 0.5) is 4.39 Å². The van der Waals surface area contributed by atoms with E-state index in [0.29, 0.717) is 18.7 Å². The maximum atomic E-state index is 13.8. The van der Waals surface area contributed by atoms with Crippen molar-refractivity contribution >= 4 is 0 Å². The predicted octanol–water partition coefficient (Wildman–Crippen LogP) is 3.00. The third kappa shape index (κ3) is 3.60. The summed E-state index contributed by atoms with van der Waals surface area (Å²) in [5, 5.41) is 8.37. The largest absolute Gasteiger partial charge is 0.356 e. The molecule has 0 aliphatic carbocycles. The van der Waals surface area contributed by atoms with Gasteiger partial charge in [-0.05, 0) is 11.6 Å². The molecule has 0 saturated carbocycles. The molecule has 4 rings (SSSR count). The SMILES string of the molecule is Fc1ccccc1Cn1cc([C@@H]2OCCN2Cc2ccccc2)nn1. The molecule has 2 aromatic carbocycles. The molecule has 1 aromatic heterocycles. The minimum atomic E-state index is -0.234. The van der Waals surface area contributed by atoms with E-state index in [1.165, 1.54) is 11.6 Å². The van der Waals surface area contributed by atoms with E-state index in [9.17, 15) is 4.39 Å². The fourth-order valence-electron chi connectivity index (χ4n) is 3.06. The van der Waals surface area contributed by atoms with Crippen LogP contribution in [0.5, 0.6) is 0 Å². The van der Waals surface area contributed by atoms with Crippen LogP contribution in [-0.4, -0.2) is 33.0 Å². The van der Waals surface area contributed by atoms with Crippen molar-refractivity contribution in [2.45, 2.75) is 19.3 Å². The van der Waals surface area contributed by atoms with Crippen LogP contribution >= 0.6 is 0 Å². The first kappa shape index (κ1) is 15.9. The number of hydrogen-bond donors (Lipinski definition) is 0. The maximum Gasteiger partial charge on any atom is 0.157 e. The lowest BCUT2D eigenvalue weighted by Crippen LogP contribution is -2.23. The zero-order valence-electron chi connectivity index (χ0n) is 13.8. The molecule has 128 valence electrons. The smallest absolute Gasteiger partial charge is 0.157 e. The number of rotatable bonds is 5. The third-order valence-electron chi connectivity index (χ3n) is 4.31. The van der Waals surface area contributed by atoms with E-state index in [1.807, 2.05) is 30.5 Å². The van der Waals surface area contributed by atoms with E-state index >= 15 is 0 Å². The Labute approximate surface area is 145 Å². The standard InChI is InChI=1S/C19H19FN4O/c20-17-9-5-4-8-16(17)13-24-14-18(21-22-24)19-23(10-11-25-19)12-15-6-2-1-3-7-15/h1-9,14,19H,10-13H2/t19-/m0/s1. The Morgan fingerprint density at radius 1 is 1.04 bits per heavy atom. The number of aromatic nitrogens is 3. The van der Waals surface area contributed by atoms with Gasteiger partial charge in [0.15, 0.2) is 6.23 Å². The quantitative estimate of drug-likeness (QED) is 0.717. The van der Waals surface area contributed by atoms with Crippen LogP contribution in [0.3, 0.4) is 0 Å². The Balaban J connectivity index is 1.48. The fraction of sp³-hybridized carbons (Fsp3) is 0.263. The van der Waals surface area contributed by atoms with Gasteiger partial charge in [0.1, 0.15) is 11.5 Å². The molecule has 2 heterocycles. The lowest BCUT2D eigenvalue weighted by atomic mass is 10.2. The Kier molecular flexibility index (Phi) is 4.54. The Hall–Kier alpha value is -2.57. The van der Waals surface area contributed by atoms with Gasteiger partial charge in [-0.15, -0.1) is 5.10 Å². The number of nitrogens with zero attached hydrogens (tertiary/aromatic N) is 4. The summed E-state index contributed by atoms with van der Waals surface area (Å²) in [6.07, 6.45) is 1.62. The summed E-state index contributed by atoms with van der Waals surface area (Å²) < 4.78 is 21.3. The van der Waals surface area contributed by atoms with Crippen molar-refractivity contribution < 1.29 is 9.13 Å². The van der Waals surface area contributed by atoms with Crippen molar-refractivity contribution in [3.63, 3.8) is 0 Å². The van der Waals surface area contributed by atoms with E-state index in [0.717, 1.165) is 18.8 Å². The molecule has 6 heteroatoms. The Bertz CT molecular complexity index is 836. The van der Waals surface area contributed by atoms with Gasteiger partial charge in [0.2, 0.25) is 0 Å². The highest BCUT2D eigenvalue weighted by Gasteiger charge is 2.29. The molecule has 0 N–H and O–H groups in total. The van der Waals surface area contributed by atoms with Gasteiger partial charge in [-0.3, -0.25) is 4.90 Å². The second-order valence-electron chi connectivity index (χ2n) is 6.11. The summed E-state index contributed by atoms with van der Waals surface area (Å²) in [6, 6.07) is 17.0. The van der Waals surface area contributed by atoms with Gasteiger partial charge < -0.3 is 4.74 Å². The number of benzene rings is 2. The minimum absolute atomic E-state index is 0.213. The van der Waals surface area contributed by atoms with Crippen molar-refractivity contribution in [2.75, 3.05) is 13.2 Å². The molecule has 1 aliphatic rings. The van der Waals surface area contributed by atoms with E-state index in [1.54, 1.807) is 16.8 Å². The van der Waals surface area contributed by atoms with Gasteiger partial charge in [0.25, 0.3) is 0 Å². The first-order chi connectivity index (χ1) is 12.3. The molecule has 1 atom stereocenters. The van der Waals surface area contributed by atoms with E-state index < -0.39 is 0 Å². The summed E-state index contributed by atoms with van der Waals surface area (Å²) in [5.41, 5.74) is 2.58. The Morgan fingerprint density at radius 3 is 2.68 bits per heavy atom. The van der Waals surface area contributed by atoms with Crippen molar-refractivity contribution in [1.82, 2.24) is 19.9 Å². The lowest BCUT2D eigenvalue weighted by molar-refractivity contribution is 0.0252. The summed E-state index contributed by atoms with van der Waals surface area (Å²) in [4.78, 5) is 2.23. The summed E-state index contributed by atoms with van der Waals surface area (Å²) in [7, 11) is 0. The second-order valence-corrected chi connectivity index (χ2v) is 6.11. The van der Waals surface area contributed by atoms with Gasteiger partial charge in [0, 0.05) is 18.7 Å². The number of hydrogen-bond acceptors (Lipinski definition) is 4. The van der Waals surface area contributed by atoms with Gasteiger partial charge in [0.05, 0.1) is 19.3 Å². The molecule has 1 fully saturated rings. The molecule has 25 heavy (non-hydrogen) atoms. The van der Waals surface area contributed by atoms with Crippen LogP contribution in [0, 0.1) is 5.82 Å². The van der Waals surface area contributed by atoms with Gasteiger partial charge in [-0.2, -0.15) is 0 Å². The normalized spacial score (nSPS) is 17.9. The van der Waals surface area contributed by atoms with Gasteiger partial charge in [-0.1, -0.05) is 53.7 Å². The first-order valence-corrected chi connectivity index (χ1v) is 8.32. The van der Waals surface area contributed by atoms with Crippen molar-refractivity contribution in [3.05, 3.63) is 83.4 Å². The van der Waals surface area contributed by atoms with Crippen LogP contribution in [0.2, 0.25) is 0 Å². The molecule has 5 nitrogen and oxygen atoms in total. The maximum absolute atomic E-state index is 13.8. The van der Waals surface area contributed by atoms with Crippen LogP contribution in [0.15, 0.2) is 60.8 Å². The lowest BCUT2D eigenvalue weighted by Gasteiger charge is -2.20.